The zero-order chi connectivity index (χ0) is 84.9. The van der Waals surface area contributed by atoms with Crippen molar-refractivity contribution in [1.29, 1.82) is 0 Å². The number of hydrogen-bond acceptors (Lipinski definition) is 19. The number of aliphatic hydroxyl groups is 1. The SMILES string of the molecule is C=C(O)C1CN(C(=O)c2ccc(-c3c(F)c(Cl)cc([C@H](C)c4nc(C)c5c(N)nccn45)c3OC(C)C)cn2)C1.CCC1(NC(=O)c2ccc(-c3c(F)c(Cl)cc([C@H](C)c4nc(C)c5c(N)nccn45)c3OC(C)C)cn2)CC1.Cc1nc([C@@H](C)c2cc(Cl)c(F)c(-c3ccc(C(=O)N4CC[C@@H](C)C4)nc3)c2OC(C)C)n2ccnc(N)c12. The molecule has 0 bridgehead atoms. The Morgan fingerprint density at radius 2 is 0.881 bits per heavy atom. The molecule has 1 saturated carbocycles. The van der Waals surface area contributed by atoms with Crippen LogP contribution in [0.3, 0.4) is 0 Å². The number of nitrogens with two attached hydrogens (primary N) is 3. The average molecular weight is 1670 g/mol. The zero-order valence-electron chi connectivity index (χ0n) is 68.0. The Morgan fingerprint density at radius 1 is 0.542 bits per heavy atom. The molecule has 0 spiro atoms. The van der Waals surface area contributed by atoms with Crippen LogP contribution in [0, 0.1) is 50.1 Å². The summed E-state index contributed by atoms with van der Waals surface area (Å²) in [5, 5.41) is 12.4. The fourth-order valence-electron chi connectivity index (χ4n) is 15.2. The lowest BCUT2D eigenvalue weighted by Crippen LogP contribution is -2.50. The number of ether oxygens (including phenoxy) is 3. The number of nitrogens with one attached hydrogen (secondary N) is 1. The summed E-state index contributed by atoms with van der Waals surface area (Å²) in [5.41, 5.74) is 27.2. The Bertz CT molecular complexity index is 5870. The Morgan fingerprint density at radius 3 is 1.17 bits per heavy atom. The van der Waals surface area contributed by atoms with Crippen molar-refractivity contribution in [2.75, 3.05) is 43.4 Å². The lowest BCUT2D eigenvalue weighted by molar-refractivity contribution is 0.0488. The maximum absolute atomic E-state index is 15.7. The van der Waals surface area contributed by atoms with E-state index in [2.05, 4.69) is 55.6 Å². The molecule has 31 heteroatoms. The second kappa shape index (κ2) is 34.1. The second-order valence-corrected chi connectivity index (χ2v) is 32.5. The van der Waals surface area contributed by atoms with Crippen LogP contribution >= 0.6 is 34.8 Å². The number of nitrogens with zero attached hydrogens (tertiary/aromatic N) is 14. The summed E-state index contributed by atoms with van der Waals surface area (Å²) < 4.78 is 71.5. The Balaban J connectivity index is 0.000000153. The van der Waals surface area contributed by atoms with Gasteiger partial charge in [-0.15, -0.1) is 0 Å². The van der Waals surface area contributed by atoms with Gasteiger partial charge in [-0.25, -0.2) is 43.1 Å². The minimum atomic E-state index is -0.654. The molecule has 3 aliphatic rings. The van der Waals surface area contributed by atoms with E-state index in [-0.39, 0.29) is 114 Å². The number of nitrogen functional groups attached to an aromatic ring is 3. The molecule has 0 unspecified atom stereocenters. The van der Waals surface area contributed by atoms with Gasteiger partial charge in [0, 0.05) is 139 Å². The summed E-state index contributed by atoms with van der Waals surface area (Å²) in [6.07, 6.45) is 17.6. The molecule has 15 rings (SSSR count). The summed E-state index contributed by atoms with van der Waals surface area (Å²) in [6.45, 7) is 32.5. The van der Waals surface area contributed by atoms with Crippen molar-refractivity contribution in [3.8, 4) is 50.6 Å². The van der Waals surface area contributed by atoms with E-state index in [1.165, 1.54) is 18.6 Å². The molecule has 2 saturated heterocycles. The monoisotopic (exact) mass is 1660 g/mol. The van der Waals surface area contributed by atoms with Gasteiger partial charge in [-0.05, 0) is 130 Å². The highest BCUT2D eigenvalue weighted by Gasteiger charge is 2.43. The van der Waals surface area contributed by atoms with Crippen molar-refractivity contribution < 1.29 is 46.9 Å². The molecule has 3 fully saturated rings. The van der Waals surface area contributed by atoms with Gasteiger partial charge in [0.05, 0.1) is 78.8 Å². The lowest BCUT2D eigenvalue weighted by Gasteiger charge is -2.38. The number of carbonyl (C=O) groups excluding carboxylic acids is 3. The summed E-state index contributed by atoms with van der Waals surface area (Å²) in [7, 11) is 0. The smallest absolute Gasteiger partial charge is 0.272 e. The van der Waals surface area contributed by atoms with Crippen LogP contribution in [0.2, 0.25) is 15.1 Å². The van der Waals surface area contributed by atoms with E-state index in [9.17, 15) is 19.5 Å². The van der Waals surface area contributed by atoms with Crippen LogP contribution in [0.5, 0.6) is 17.2 Å². The van der Waals surface area contributed by atoms with Gasteiger partial charge in [0.15, 0.2) is 17.5 Å². The van der Waals surface area contributed by atoms with E-state index in [4.69, 9.17) is 81.2 Å². The number of pyridine rings is 3. The predicted molar refractivity (Wildman–Crippen MR) is 451 cm³/mol. The van der Waals surface area contributed by atoms with Crippen molar-refractivity contribution in [2.45, 2.75) is 164 Å². The van der Waals surface area contributed by atoms with Crippen molar-refractivity contribution in [3.05, 3.63) is 224 Å². The van der Waals surface area contributed by atoms with Crippen LogP contribution in [0.25, 0.3) is 49.9 Å². The van der Waals surface area contributed by atoms with Gasteiger partial charge in [0.25, 0.3) is 17.7 Å². The minimum Gasteiger partial charge on any atom is -0.513 e. The molecule has 4 atom stereocenters. The highest BCUT2D eigenvalue weighted by atomic mass is 35.5. The third kappa shape index (κ3) is 16.7. The van der Waals surface area contributed by atoms with Gasteiger partial charge in [-0.2, -0.15) is 0 Å². The maximum atomic E-state index is 15.7. The number of halogens is 6. The van der Waals surface area contributed by atoms with Crippen LogP contribution in [0.4, 0.5) is 30.6 Å². The Hall–Kier alpha value is -11.6. The van der Waals surface area contributed by atoms with Crippen molar-refractivity contribution in [1.82, 2.24) is 73.2 Å². The molecule has 616 valence electrons. The molecule has 3 aromatic carbocycles. The summed E-state index contributed by atoms with van der Waals surface area (Å²) >= 11 is 19.4. The van der Waals surface area contributed by atoms with E-state index in [1.807, 2.05) is 96.3 Å². The third-order valence-corrected chi connectivity index (χ3v) is 22.5. The minimum absolute atomic E-state index is 0.0482. The third-order valence-electron chi connectivity index (χ3n) is 21.7. The van der Waals surface area contributed by atoms with Gasteiger partial charge in [-0.3, -0.25) is 42.5 Å². The van der Waals surface area contributed by atoms with Crippen molar-refractivity contribution in [2.24, 2.45) is 11.8 Å². The van der Waals surface area contributed by atoms with E-state index < -0.39 is 17.5 Å². The van der Waals surface area contributed by atoms with Crippen LogP contribution in [-0.4, -0.2) is 141 Å². The molecule has 9 aromatic heterocycles. The van der Waals surface area contributed by atoms with Crippen molar-refractivity contribution >= 4 is 86.5 Å². The van der Waals surface area contributed by atoms with Crippen molar-refractivity contribution in [3.63, 3.8) is 0 Å². The number of anilines is 3. The first-order chi connectivity index (χ1) is 56.1. The molecular formula is C87H94Cl3F3N18O7. The first kappa shape index (κ1) is 84.3. The topological polar surface area (TPSA) is 325 Å². The van der Waals surface area contributed by atoms with Crippen LogP contribution in [0.1, 0.15) is 202 Å². The largest absolute Gasteiger partial charge is 0.513 e. The number of amides is 3. The number of hydrogen-bond donors (Lipinski definition) is 5. The number of fused-ring (bicyclic) bond motifs is 3. The summed E-state index contributed by atoms with van der Waals surface area (Å²) in [4.78, 5) is 81.8. The molecule has 12 aromatic rings. The van der Waals surface area contributed by atoms with Crippen LogP contribution < -0.4 is 36.7 Å². The molecule has 0 radical (unpaired) electrons. The van der Waals surface area contributed by atoms with Gasteiger partial charge < -0.3 is 51.6 Å². The number of rotatable bonds is 21. The zero-order valence-corrected chi connectivity index (χ0v) is 70.3. The number of likely N-dealkylation sites (tertiary alicyclic amines) is 2. The average Bonchev–Trinajstić information content (AvgIpc) is 1.22. The molecule has 118 heavy (non-hydrogen) atoms. The lowest BCUT2D eigenvalue weighted by atomic mass is 9.93. The van der Waals surface area contributed by atoms with Crippen LogP contribution in [0.15, 0.2) is 123 Å². The molecule has 2 aliphatic heterocycles. The quantitative estimate of drug-likeness (QED) is 0.0417. The first-order valence-corrected chi connectivity index (χ1v) is 40.2. The number of benzene rings is 3. The second-order valence-electron chi connectivity index (χ2n) is 31.2. The fourth-order valence-corrected chi connectivity index (χ4v) is 15.8. The number of aryl methyl sites for hydroxylation is 3. The highest BCUT2D eigenvalue weighted by Crippen LogP contribution is 2.49. The van der Waals surface area contributed by atoms with Gasteiger partial charge in [0.2, 0.25) is 0 Å². The van der Waals surface area contributed by atoms with Gasteiger partial charge in [0.1, 0.15) is 85.8 Å². The van der Waals surface area contributed by atoms with E-state index in [0.29, 0.717) is 140 Å². The first-order valence-electron chi connectivity index (χ1n) is 39.1. The number of carbonyl (C=O) groups is 3. The standard InChI is InChI=1S/C29H30ClFN6O3.2C29H32ClFN6O2/c1-14(2)40-26-20(15(3)28-35-16(4)25-27(32)33-8-9-37(25)28)10-21(30)24(31)23(26)18-6-7-22(34-11-18)29(39)36-12-19(13-36)17(5)38;1-15(2)39-26-20(17(4)28-35-18(5)25-27(32)33-9-11-37(25)28)12-21(30)24(31)23(26)19-6-7-22(34-13-19)29(38)36-10-8-16(3)14-36;1-6-29(9-10-29)36-28(38)21-8-7-18(14-34-21)22-23(31)20(30)13-19(25(22)39-15(2)3)16(4)27-35-17(5)24-26(32)33-11-12-37(24)27/h6-11,14-15,19,38H,5,12-13H2,1-4H3,(H2,32,33);6-7,9,11-13,15-17H,8,10,14H2,1-5H3,(H2,32,33);7-8,11-16H,6,9-10H2,1-5H3,(H2,32,33)(H,36,38)/t15-;16-,17+;16-/m010/s1. The Labute approximate surface area is 696 Å². The number of aromatic nitrogens is 12. The predicted octanol–water partition coefficient (Wildman–Crippen LogP) is 17.5. The normalized spacial score (nSPS) is 15.2. The number of aliphatic hydroxyl groups excluding tert-OH is 1. The molecule has 3 amide bonds. The number of imidazole rings is 3. The fraction of sp³-hybridized carbons (Fsp3) is 0.356. The molecule has 8 N–H and O–H groups in total. The Kier molecular flexibility index (Phi) is 24.4. The van der Waals surface area contributed by atoms with Gasteiger partial charge >= 0.3 is 0 Å². The molecule has 11 heterocycles. The van der Waals surface area contributed by atoms with Crippen LogP contribution in [-0.2, 0) is 0 Å². The molecular weight excluding hydrogens is 1570 g/mol. The van der Waals surface area contributed by atoms with E-state index in [1.54, 1.807) is 102 Å². The van der Waals surface area contributed by atoms with E-state index >= 15 is 13.2 Å². The molecule has 1 aliphatic carbocycles. The summed E-state index contributed by atoms with van der Waals surface area (Å²) in [5.74, 6) is 0.964. The maximum Gasteiger partial charge on any atom is 0.272 e. The summed E-state index contributed by atoms with van der Waals surface area (Å²) in [6, 6.07) is 14.5. The molecule has 25 nitrogen and oxygen atoms in total. The van der Waals surface area contributed by atoms with E-state index in [0.717, 1.165) is 42.6 Å². The van der Waals surface area contributed by atoms with Gasteiger partial charge in [-0.1, -0.05) is 94.2 Å². The highest BCUT2D eigenvalue weighted by molar-refractivity contribution is 6.32.